The molecule has 0 aromatic heterocycles. The molecule has 5 heteroatoms. The summed E-state index contributed by atoms with van der Waals surface area (Å²) >= 11 is 5.93. The average molecular weight is 264 g/mol. The van der Waals surface area contributed by atoms with Crippen molar-refractivity contribution in [3.05, 3.63) is 0 Å². The SMILES string of the molecule is C[C@H](O[Si](C)(C)C(C)(C)C)[C@@H]1NC(=O)[C@H]1Cl. The third-order valence-corrected chi connectivity index (χ3v) is 8.71. The van der Waals surface area contributed by atoms with E-state index in [-0.39, 0.29) is 23.1 Å². The summed E-state index contributed by atoms with van der Waals surface area (Å²) in [7, 11) is -1.77. The first-order valence-electron chi connectivity index (χ1n) is 5.68. The summed E-state index contributed by atoms with van der Waals surface area (Å²) in [4.78, 5) is 11.0. The third kappa shape index (κ3) is 2.60. The molecule has 1 N–H and O–H groups in total. The Morgan fingerprint density at radius 3 is 2.25 bits per heavy atom. The Morgan fingerprint density at radius 2 is 1.94 bits per heavy atom. The summed E-state index contributed by atoms with van der Waals surface area (Å²) in [6, 6.07) is -0.0386. The fourth-order valence-electron chi connectivity index (χ4n) is 1.45. The van der Waals surface area contributed by atoms with Crippen molar-refractivity contribution in [1.82, 2.24) is 5.32 Å². The number of halogens is 1. The number of rotatable bonds is 3. The van der Waals surface area contributed by atoms with Crippen LogP contribution in [0, 0.1) is 0 Å². The Morgan fingerprint density at radius 1 is 1.44 bits per heavy atom. The van der Waals surface area contributed by atoms with Gasteiger partial charge in [-0.25, -0.2) is 0 Å². The highest BCUT2D eigenvalue weighted by Gasteiger charge is 2.45. The largest absolute Gasteiger partial charge is 0.412 e. The van der Waals surface area contributed by atoms with Gasteiger partial charge in [0, 0.05) is 0 Å². The van der Waals surface area contributed by atoms with E-state index in [1.54, 1.807) is 0 Å². The first kappa shape index (κ1) is 14.0. The Kier molecular flexibility index (Phi) is 3.77. The van der Waals surface area contributed by atoms with Crippen LogP contribution < -0.4 is 5.32 Å². The molecule has 16 heavy (non-hydrogen) atoms. The molecule has 1 heterocycles. The van der Waals surface area contributed by atoms with E-state index in [1.165, 1.54) is 0 Å². The minimum absolute atomic E-state index is 0.0129. The molecule has 0 radical (unpaired) electrons. The van der Waals surface area contributed by atoms with Crippen molar-refractivity contribution in [3.63, 3.8) is 0 Å². The van der Waals surface area contributed by atoms with Crippen molar-refractivity contribution < 1.29 is 9.22 Å². The normalized spacial score (nSPS) is 28.3. The van der Waals surface area contributed by atoms with Gasteiger partial charge in [0.2, 0.25) is 5.91 Å². The lowest BCUT2D eigenvalue weighted by molar-refractivity contribution is -0.129. The first-order valence-corrected chi connectivity index (χ1v) is 9.03. The molecule has 0 saturated carbocycles. The molecule has 0 bridgehead atoms. The van der Waals surface area contributed by atoms with Crippen LogP contribution in [0.25, 0.3) is 0 Å². The zero-order valence-electron chi connectivity index (χ0n) is 10.9. The summed E-state index contributed by atoms with van der Waals surface area (Å²) in [6.45, 7) is 13.0. The number of carbonyl (C=O) groups is 1. The number of carbonyl (C=O) groups excluding carboxylic acids is 1. The van der Waals surface area contributed by atoms with Gasteiger partial charge in [-0.05, 0) is 25.1 Å². The molecule has 3 nitrogen and oxygen atoms in total. The topological polar surface area (TPSA) is 38.3 Å². The van der Waals surface area contributed by atoms with E-state index in [1.807, 2.05) is 6.92 Å². The predicted molar refractivity (Wildman–Crippen MR) is 69.3 cm³/mol. The molecule has 94 valence electrons. The van der Waals surface area contributed by atoms with Gasteiger partial charge in [0.15, 0.2) is 8.32 Å². The van der Waals surface area contributed by atoms with Gasteiger partial charge in [-0.1, -0.05) is 20.8 Å². The Bertz CT molecular complexity index is 288. The maximum absolute atomic E-state index is 11.0. The summed E-state index contributed by atoms with van der Waals surface area (Å²) in [5.41, 5.74) is 0. The van der Waals surface area contributed by atoms with E-state index in [0.29, 0.717) is 0 Å². The van der Waals surface area contributed by atoms with Gasteiger partial charge in [0.25, 0.3) is 0 Å². The molecule has 1 fully saturated rings. The van der Waals surface area contributed by atoms with Crippen LogP contribution in [0.1, 0.15) is 27.7 Å². The lowest BCUT2D eigenvalue weighted by atomic mass is 10.0. The lowest BCUT2D eigenvalue weighted by Crippen LogP contribution is -2.66. The van der Waals surface area contributed by atoms with Crippen molar-refractivity contribution in [2.45, 2.75) is 63.4 Å². The molecule has 0 unspecified atom stereocenters. The second-order valence-electron chi connectivity index (χ2n) is 6.02. The van der Waals surface area contributed by atoms with Gasteiger partial charge in [-0.3, -0.25) is 4.79 Å². The number of β-lactam (4-membered cyclic amide) rings is 1. The second-order valence-corrected chi connectivity index (χ2v) is 11.2. The Hall–Kier alpha value is -0.0631. The number of amides is 1. The van der Waals surface area contributed by atoms with Crippen LogP contribution in [-0.4, -0.2) is 31.7 Å². The molecule has 0 aromatic carbocycles. The van der Waals surface area contributed by atoms with Crippen LogP contribution in [0.5, 0.6) is 0 Å². The van der Waals surface area contributed by atoms with Crippen LogP contribution >= 0.6 is 11.6 Å². The third-order valence-electron chi connectivity index (χ3n) is 3.67. The van der Waals surface area contributed by atoms with Crippen LogP contribution in [0.4, 0.5) is 0 Å². The zero-order chi connectivity index (χ0) is 12.7. The van der Waals surface area contributed by atoms with Crippen LogP contribution in [0.3, 0.4) is 0 Å². The molecule has 1 aliphatic rings. The number of nitrogens with one attached hydrogen (secondary N) is 1. The van der Waals surface area contributed by atoms with E-state index >= 15 is 0 Å². The van der Waals surface area contributed by atoms with E-state index in [2.05, 4.69) is 39.2 Å². The smallest absolute Gasteiger partial charge is 0.240 e. The summed E-state index contributed by atoms with van der Waals surface area (Å²) in [5.74, 6) is -0.0858. The highest BCUT2D eigenvalue weighted by Crippen LogP contribution is 2.38. The molecule has 3 atom stereocenters. The van der Waals surface area contributed by atoms with Gasteiger partial charge in [0.1, 0.15) is 5.38 Å². The van der Waals surface area contributed by atoms with Gasteiger partial charge in [-0.15, -0.1) is 11.6 Å². The van der Waals surface area contributed by atoms with E-state index in [4.69, 9.17) is 16.0 Å². The summed E-state index contributed by atoms with van der Waals surface area (Å²) in [5, 5.41) is 2.54. The molecule has 1 amide bonds. The highest BCUT2D eigenvalue weighted by molar-refractivity contribution is 6.74. The van der Waals surface area contributed by atoms with Gasteiger partial charge < -0.3 is 9.74 Å². The predicted octanol–water partition coefficient (Wildman–Crippen LogP) is 2.50. The quantitative estimate of drug-likeness (QED) is 0.483. The highest BCUT2D eigenvalue weighted by atomic mass is 35.5. The number of alkyl halides is 1. The van der Waals surface area contributed by atoms with Gasteiger partial charge >= 0.3 is 0 Å². The van der Waals surface area contributed by atoms with E-state index in [0.717, 1.165) is 0 Å². The van der Waals surface area contributed by atoms with E-state index in [9.17, 15) is 4.79 Å². The van der Waals surface area contributed by atoms with Crippen molar-refractivity contribution in [2.24, 2.45) is 0 Å². The van der Waals surface area contributed by atoms with Crippen LogP contribution in [0.2, 0.25) is 18.1 Å². The minimum Gasteiger partial charge on any atom is -0.412 e. The molecule has 1 rings (SSSR count). The summed E-state index contributed by atoms with van der Waals surface area (Å²) in [6.07, 6.45) is -0.0129. The van der Waals surface area contributed by atoms with Crippen LogP contribution in [0.15, 0.2) is 0 Å². The maximum Gasteiger partial charge on any atom is 0.240 e. The standard InChI is InChI=1S/C11H22ClNO2Si/c1-7(9-8(12)10(14)13-9)15-16(5,6)11(2,3)4/h7-9H,1-6H3,(H,13,14)/t7-,8-,9-/m0/s1. The van der Waals surface area contributed by atoms with Crippen molar-refractivity contribution >= 4 is 25.8 Å². The number of hydrogen-bond donors (Lipinski definition) is 1. The van der Waals surface area contributed by atoms with Crippen LogP contribution in [-0.2, 0) is 9.22 Å². The first-order chi connectivity index (χ1) is 7.06. The molecular weight excluding hydrogens is 242 g/mol. The molecular formula is C11H22ClNO2Si. The molecule has 1 aliphatic heterocycles. The fourth-order valence-corrected chi connectivity index (χ4v) is 3.21. The minimum atomic E-state index is -1.77. The molecule has 0 aromatic rings. The monoisotopic (exact) mass is 263 g/mol. The molecule has 0 spiro atoms. The van der Waals surface area contributed by atoms with Crippen molar-refractivity contribution in [2.75, 3.05) is 0 Å². The zero-order valence-corrected chi connectivity index (χ0v) is 12.7. The molecule has 0 aliphatic carbocycles. The summed E-state index contributed by atoms with van der Waals surface area (Å²) < 4.78 is 6.16. The number of hydrogen-bond acceptors (Lipinski definition) is 2. The van der Waals surface area contributed by atoms with Crippen molar-refractivity contribution in [1.29, 1.82) is 0 Å². The van der Waals surface area contributed by atoms with E-state index < -0.39 is 13.7 Å². The Labute approximate surface area is 104 Å². The lowest BCUT2D eigenvalue weighted by Gasteiger charge is -2.44. The average Bonchev–Trinajstić information content (AvgIpc) is 2.10. The van der Waals surface area contributed by atoms with Gasteiger partial charge in [-0.2, -0.15) is 0 Å². The Balaban J connectivity index is 2.58. The van der Waals surface area contributed by atoms with Gasteiger partial charge in [0.05, 0.1) is 12.1 Å². The second kappa shape index (κ2) is 4.31. The fraction of sp³-hybridized carbons (Fsp3) is 0.909. The van der Waals surface area contributed by atoms with Crippen molar-refractivity contribution in [3.8, 4) is 0 Å². The maximum atomic E-state index is 11.0. The molecule has 1 saturated heterocycles.